The van der Waals surface area contributed by atoms with Crippen LogP contribution in [0.15, 0.2) is 0 Å². The van der Waals surface area contributed by atoms with Crippen LogP contribution in [-0.2, 0) is 9.59 Å². The zero-order chi connectivity index (χ0) is 10.0. The molecular weight excluding hydrogens is 168 g/mol. The van der Waals surface area contributed by atoms with Crippen molar-refractivity contribution in [2.24, 2.45) is 17.8 Å². The number of carbonyl (C=O) groups excluding carboxylic acids is 1. The van der Waals surface area contributed by atoms with Crippen LogP contribution >= 0.6 is 0 Å². The highest BCUT2D eigenvalue weighted by Crippen LogP contribution is 2.33. The van der Waals surface area contributed by atoms with Gasteiger partial charge >= 0.3 is 5.97 Å². The molecule has 74 valence electrons. The Morgan fingerprint density at radius 3 is 2.54 bits per heavy atom. The monoisotopic (exact) mass is 184 g/mol. The Balaban J connectivity index is 2.71. The predicted octanol–water partition coefficient (Wildman–Crippen LogP) is 1.71. The van der Waals surface area contributed by atoms with Crippen LogP contribution in [-0.4, -0.2) is 16.9 Å². The second kappa shape index (κ2) is 3.90. The van der Waals surface area contributed by atoms with E-state index in [0.29, 0.717) is 6.42 Å². The highest BCUT2D eigenvalue weighted by Gasteiger charge is 2.38. The molecule has 0 bridgehead atoms. The third-order valence-corrected chi connectivity index (χ3v) is 3.00. The van der Waals surface area contributed by atoms with Crippen molar-refractivity contribution in [3.8, 4) is 0 Å². The normalized spacial score (nSPS) is 30.5. The van der Waals surface area contributed by atoms with Crippen LogP contribution < -0.4 is 0 Å². The highest BCUT2D eigenvalue weighted by molar-refractivity contribution is 5.89. The molecule has 1 N–H and O–H groups in total. The standard InChI is InChI=1S/C10H16O3/c1-3-7(10(12)13)8-5-4-6(2)9(8)11/h6-8H,3-5H2,1-2H3,(H,12,13). The average molecular weight is 184 g/mol. The van der Waals surface area contributed by atoms with Crippen molar-refractivity contribution in [2.75, 3.05) is 0 Å². The summed E-state index contributed by atoms with van der Waals surface area (Å²) >= 11 is 0. The Hall–Kier alpha value is -0.860. The number of Topliss-reactive ketones (excluding diaryl/α,β-unsaturated/α-hetero) is 1. The van der Waals surface area contributed by atoms with Gasteiger partial charge in [0.25, 0.3) is 0 Å². The van der Waals surface area contributed by atoms with E-state index in [2.05, 4.69) is 0 Å². The van der Waals surface area contributed by atoms with Gasteiger partial charge in [-0.25, -0.2) is 0 Å². The molecule has 1 aliphatic carbocycles. The number of carbonyl (C=O) groups is 2. The van der Waals surface area contributed by atoms with E-state index in [-0.39, 0.29) is 17.6 Å². The predicted molar refractivity (Wildman–Crippen MR) is 48.3 cm³/mol. The fraction of sp³-hybridized carbons (Fsp3) is 0.800. The molecule has 0 heterocycles. The minimum atomic E-state index is -0.824. The molecule has 1 saturated carbocycles. The molecule has 0 spiro atoms. The molecular formula is C10H16O3. The Bertz CT molecular complexity index is 222. The number of carboxylic acid groups (broad SMARTS) is 1. The van der Waals surface area contributed by atoms with Gasteiger partial charge < -0.3 is 5.11 Å². The lowest BCUT2D eigenvalue weighted by atomic mass is 9.87. The minimum Gasteiger partial charge on any atom is -0.481 e. The molecule has 1 rings (SSSR count). The van der Waals surface area contributed by atoms with E-state index in [1.54, 1.807) is 0 Å². The fourth-order valence-corrected chi connectivity index (χ4v) is 2.11. The summed E-state index contributed by atoms with van der Waals surface area (Å²) in [5.74, 6) is -1.29. The fourth-order valence-electron chi connectivity index (χ4n) is 2.11. The van der Waals surface area contributed by atoms with Crippen LogP contribution in [0.4, 0.5) is 0 Å². The zero-order valence-electron chi connectivity index (χ0n) is 8.12. The molecule has 0 aliphatic heterocycles. The van der Waals surface area contributed by atoms with E-state index in [9.17, 15) is 9.59 Å². The van der Waals surface area contributed by atoms with Gasteiger partial charge in [-0.2, -0.15) is 0 Å². The molecule has 0 aromatic rings. The summed E-state index contributed by atoms with van der Waals surface area (Å²) in [6.07, 6.45) is 2.16. The van der Waals surface area contributed by atoms with E-state index in [4.69, 9.17) is 5.11 Å². The smallest absolute Gasteiger partial charge is 0.307 e. The van der Waals surface area contributed by atoms with Gasteiger partial charge in [-0.05, 0) is 19.3 Å². The summed E-state index contributed by atoms with van der Waals surface area (Å²) in [5.41, 5.74) is 0. The lowest BCUT2D eigenvalue weighted by Crippen LogP contribution is -2.27. The van der Waals surface area contributed by atoms with E-state index in [0.717, 1.165) is 12.8 Å². The van der Waals surface area contributed by atoms with Gasteiger partial charge in [0.2, 0.25) is 0 Å². The molecule has 0 aromatic heterocycles. The Morgan fingerprint density at radius 1 is 1.62 bits per heavy atom. The van der Waals surface area contributed by atoms with Crippen molar-refractivity contribution in [1.82, 2.24) is 0 Å². The van der Waals surface area contributed by atoms with Crippen molar-refractivity contribution in [3.63, 3.8) is 0 Å². The van der Waals surface area contributed by atoms with Crippen molar-refractivity contribution < 1.29 is 14.7 Å². The van der Waals surface area contributed by atoms with Crippen LogP contribution in [0, 0.1) is 17.8 Å². The maximum absolute atomic E-state index is 11.5. The van der Waals surface area contributed by atoms with Crippen LogP contribution in [0.5, 0.6) is 0 Å². The molecule has 3 nitrogen and oxygen atoms in total. The summed E-state index contributed by atoms with van der Waals surface area (Å²) in [6, 6.07) is 0. The summed E-state index contributed by atoms with van der Waals surface area (Å²) in [6.45, 7) is 3.71. The van der Waals surface area contributed by atoms with E-state index in [1.807, 2.05) is 13.8 Å². The average Bonchev–Trinajstić information content (AvgIpc) is 2.37. The lowest BCUT2D eigenvalue weighted by molar-refractivity contribution is -0.146. The van der Waals surface area contributed by atoms with Gasteiger partial charge in [-0.15, -0.1) is 0 Å². The quantitative estimate of drug-likeness (QED) is 0.726. The molecule has 0 radical (unpaired) electrons. The molecule has 0 aromatic carbocycles. The first-order valence-electron chi connectivity index (χ1n) is 4.84. The third-order valence-electron chi connectivity index (χ3n) is 3.00. The highest BCUT2D eigenvalue weighted by atomic mass is 16.4. The molecule has 3 atom stereocenters. The van der Waals surface area contributed by atoms with Gasteiger partial charge in [0.15, 0.2) is 0 Å². The van der Waals surface area contributed by atoms with Crippen LogP contribution in [0.3, 0.4) is 0 Å². The SMILES string of the molecule is CCC(C(=O)O)C1CCC(C)C1=O. The summed E-state index contributed by atoms with van der Waals surface area (Å²) < 4.78 is 0. The van der Waals surface area contributed by atoms with E-state index in [1.165, 1.54) is 0 Å². The van der Waals surface area contributed by atoms with Crippen molar-refractivity contribution >= 4 is 11.8 Å². The molecule has 0 amide bonds. The largest absolute Gasteiger partial charge is 0.481 e. The first-order valence-corrected chi connectivity index (χ1v) is 4.84. The minimum absolute atomic E-state index is 0.0680. The summed E-state index contributed by atoms with van der Waals surface area (Å²) in [4.78, 5) is 22.4. The van der Waals surface area contributed by atoms with E-state index >= 15 is 0 Å². The van der Waals surface area contributed by atoms with Crippen LogP contribution in [0.1, 0.15) is 33.1 Å². The molecule has 1 aliphatic rings. The van der Waals surface area contributed by atoms with Gasteiger partial charge in [-0.3, -0.25) is 9.59 Å². The first kappa shape index (κ1) is 10.2. The second-order valence-electron chi connectivity index (χ2n) is 3.84. The maximum atomic E-state index is 11.5. The molecule has 3 heteroatoms. The molecule has 0 saturated heterocycles. The second-order valence-corrected chi connectivity index (χ2v) is 3.84. The number of hydrogen-bond acceptors (Lipinski definition) is 2. The lowest BCUT2D eigenvalue weighted by Gasteiger charge is -2.15. The summed E-state index contributed by atoms with van der Waals surface area (Å²) in [5, 5.41) is 8.89. The Labute approximate surface area is 78.1 Å². The van der Waals surface area contributed by atoms with Crippen molar-refractivity contribution in [2.45, 2.75) is 33.1 Å². The Morgan fingerprint density at radius 2 is 2.23 bits per heavy atom. The number of ketones is 1. The topological polar surface area (TPSA) is 54.4 Å². The Kier molecular flexibility index (Phi) is 3.07. The van der Waals surface area contributed by atoms with Gasteiger partial charge in [-0.1, -0.05) is 13.8 Å². The van der Waals surface area contributed by atoms with Gasteiger partial charge in [0, 0.05) is 11.8 Å². The van der Waals surface area contributed by atoms with Gasteiger partial charge in [0.05, 0.1) is 5.92 Å². The molecule has 13 heavy (non-hydrogen) atoms. The van der Waals surface area contributed by atoms with Crippen molar-refractivity contribution in [1.29, 1.82) is 0 Å². The number of rotatable bonds is 3. The van der Waals surface area contributed by atoms with E-state index < -0.39 is 11.9 Å². The van der Waals surface area contributed by atoms with Crippen molar-refractivity contribution in [3.05, 3.63) is 0 Å². The van der Waals surface area contributed by atoms with Crippen LogP contribution in [0.2, 0.25) is 0 Å². The zero-order valence-corrected chi connectivity index (χ0v) is 8.12. The summed E-state index contributed by atoms with van der Waals surface area (Å²) in [7, 11) is 0. The number of carboxylic acids is 1. The number of aliphatic carboxylic acids is 1. The first-order chi connectivity index (χ1) is 6.07. The maximum Gasteiger partial charge on any atom is 0.307 e. The van der Waals surface area contributed by atoms with Gasteiger partial charge in [0.1, 0.15) is 5.78 Å². The third kappa shape index (κ3) is 1.90. The number of hydrogen-bond donors (Lipinski definition) is 1. The molecule has 1 fully saturated rings. The molecule has 3 unspecified atom stereocenters. The van der Waals surface area contributed by atoms with Crippen LogP contribution in [0.25, 0.3) is 0 Å².